The lowest BCUT2D eigenvalue weighted by molar-refractivity contribution is -0.123. The van der Waals surface area contributed by atoms with Gasteiger partial charge in [0.2, 0.25) is 0 Å². The molecule has 0 saturated heterocycles. The van der Waals surface area contributed by atoms with Crippen molar-refractivity contribution >= 4 is 52.4 Å². The Hall–Kier alpha value is -1.82. The molecule has 1 N–H and O–H groups in total. The molecular formula is C16H11Cl3FNO3. The minimum absolute atomic E-state index is 0.0276. The molecule has 2 aromatic carbocycles. The van der Waals surface area contributed by atoms with Gasteiger partial charge in [0.05, 0.1) is 21.3 Å². The first kappa shape index (κ1) is 18.5. The van der Waals surface area contributed by atoms with Gasteiger partial charge in [0.15, 0.2) is 6.10 Å². The van der Waals surface area contributed by atoms with Crippen LogP contribution in [-0.4, -0.2) is 18.0 Å². The number of carbonyl (C=O) groups is 2. The molecule has 24 heavy (non-hydrogen) atoms. The van der Waals surface area contributed by atoms with Gasteiger partial charge >= 0.3 is 5.97 Å². The van der Waals surface area contributed by atoms with Crippen molar-refractivity contribution < 1.29 is 18.7 Å². The lowest BCUT2D eigenvalue weighted by atomic mass is 10.2. The standard InChI is InChI=1S/C16H11Cl3FNO3/c1-8(15(22)21-14-5-3-10(20)7-13(14)19)24-16(23)11-6-9(17)2-4-12(11)18/h2-8H,1H3,(H,21,22)/t8-/m1/s1. The van der Waals surface area contributed by atoms with Gasteiger partial charge in [-0.05, 0) is 43.3 Å². The molecule has 0 unspecified atom stereocenters. The molecule has 126 valence electrons. The molecule has 2 aromatic rings. The number of anilines is 1. The molecule has 0 bridgehead atoms. The summed E-state index contributed by atoms with van der Waals surface area (Å²) in [5.41, 5.74) is 0.246. The average molecular weight is 391 g/mol. The summed E-state index contributed by atoms with van der Waals surface area (Å²) < 4.78 is 18.0. The second-order valence-corrected chi connectivity index (χ2v) is 6.04. The summed E-state index contributed by atoms with van der Waals surface area (Å²) in [6.45, 7) is 1.38. The predicted molar refractivity (Wildman–Crippen MR) is 91.4 cm³/mol. The highest BCUT2D eigenvalue weighted by Gasteiger charge is 2.21. The third-order valence-corrected chi connectivity index (χ3v) is 3.87. The number of carbonyl (C=O) groups excluding carboxylic acids is 2. The number of amides is 1. The normalized spacial score (nSPS) is 11.7. The summed E-state index contributed by atoms with van der Waals surface area (Å²) >= 11 is 17.5. The van der Waals surface area contributed by atoms with Crippen molar-refractivity contribution in [2.75, 3.05) is 5.32 Å². The summed E-state index contributed by atoms with van der Waals surface area (Å²) in [4.78, 5) is 24.1. The van der Waals surface area contributed by atoms with Gasteiger partial charge in [-0.1, -0.05) is 34.8 Å². The predicted octanol–water partition coefficient (Wildman–Crippen LogP) is 4.97. The van der Waals surface area contributed by atoms with Gasteiger partial charge in [0.25, 0.3) is 5.91 Å². The SMILES string of the molecule is C[C@@H](OC(=O)c1cc(Cl)ccc1Cl)C(=O)Nc1ccc(F)cc1Cl. The Labute approximate surface area is 152 Å². The molecule has 1 atom stereocenters. The lowest BCUT2D eigenvalue weighted by Gasteiger charge is -2.15. The molecular weight excluding hydrogens is 380 g/mol. The van der Waals surface area contributed by atoms with E-state index in [2.05, 4.69) is 5.32 Å². The molecule has 0 aromatic heterocycles. The van der Waals surface area contributed by atoms with Gasteiger partial charge in [0, 0.05) is 5.02 Å². The molecule has 0 saturated carbocycles. The van der Waals surface area contributed by atoms with E-state index in [0.29, 0.717) is 5.02 Å². The van der Waals surface area contributed by atoms with E-state index < -0.39 is 23.8 Å². The van der Waals surface area contributed by atoms with Gasteiger partial charge in [-0.25, -0.2) is 9.18 Å². The van der Waals surface area contributed by atoms with E-state index in [-0.39, 0.29) is 21.3 Å². The molecule has 0 aliphatic rings. The Morgan fingerprint density at radius 3 is 2.46 bits per heavy atom. The topological polar surface area (TPSA) is 55.4 Å². The van der Waals surface area contributed by atoms with Crippen LogP contribution < -0.4 is 5.32 Å². The van der Waals surface area contributed by atoms with E-state index in [4.69, 9.17) is 39.5 Å². The number of hydrogen-bond acceptors (Lipinski definition) is 3. The molecule has 8 heteroatoms. The maximum atomic E-state index is 13.0. The van der Waals surface area contributed by atoms with Crippen LogP contribution in [0.1, 0.15) is 17.3 Å². The summed E-state index contributed by atoms with van der Waals surface area (Å²) in [5.74, 6) is -1.96. The maximum Gasteiger partial charge on any atom is 0.340 e. The number of rotatable bonds is 4. The molecule has 0 heterocycles. The highest BCUT2D eigenvalue weighted by Crippen LogP contribution is 2.24. The highest BCUT2D eigenvalue weighted by atomic mass is 35.5. The van der Waals surface area contributed by atoms with Crippen molar-refractivity contribution in [1.82, 2.24) is 0 Å². The number of hydrogen-bond donors (Lipinski definition) is 1. The Kier molecular flexibility index (Phi) is 6.04. The Morgan fingerprint density at radius 1 is 1.08 bits per heavy atom. The zero-order chi connectivity index (χ0) is 17.9. The van der Waals surface area contributed by atoms with E-state index in [1.54, 1.807) is 0 Å². The number of nitrogens with one attached hydrogen (secondary N) is 1. The minimum Gasteiger partial charge on any atom is -0.449 e. The maximum absolute atomic E-state index is 13.0. The van der Waals surface area contributed by atoms with E-state index in [0.717, 1.165) is 12.1 Å². The van der Waals surface area contributed by atoms with Crippen LogP contribution in [0, 0.1) is 5.82 Å². The van der Waals surface area contributed by atoms with Crippen molar-refractivity contribution in [3.8, 4) is 0 Å². The zero-order valence-electron chi connectivity index (χ0n) is 12.3. The molecule has 0 fully saturated rings. The summed E-state index contributed by atoms with van der Waals surface area (Å²) in [7, 11) is 0. The quantitative estimate of drug-likeness (QED) is 0.750. The summed E-state index contributed by atoms with van der Waals surface area (Å²) in [5, 5.41) is 2.93. The van der Waals surface area contributed by atoms with Gasteiger partial charge < -0.3 is 10.1 Å². The smallest absolute Gasteiger partial charge is 0.340 e. The Bertz CT molecular complexity index is 798. The Morgan fingerprint density at radius 2 is 1.79 bits per heavy atom. The van der Waals surface area contributed by atoms with Crippen molar-refractivity contribution in [1.29, 1.82) is 0 Å². The first-order valence-corrected chi connectivity index (χ1v) is 7.83. The number of esters is 1. The Balaban J connectivity index is 2.05. The number of benzene rings is 2. The minimum atomic E-state index is -1.13. The van der Waals surface area contributed by atoms with Crippen molar-refractivity contribution in [3.05, 3.63) is 62.8 Å². The van der Waals surface area contributed by atoms with Crippen molar-refractivity contribution in [3.63, 3.8) is 0 Å². The van der Waals surface area contributed by atoms with E-state index in [9.17, 15) is 14.0 Å². The fraction of sp³-hybridized carbons (Fsp3) is 0.125. The van der Waals surface area contributed by atoms with E-state index in [1.807, 2.05) is 0 Å². The van der Waals surface area contributed by atoms with Crippen LogP contribution in [0.15, 0.2) is 36.4 Å². The molecule has 4 nitrogen and oxygen atoms in total. The third-order valence-electron chi connectivity index (χ3n) is 2.99. The van der Waals surface area contributed by atoms with Crippen LogP contribution in [0.3, 0.4) is 0 Å². The first-order valence-electron chi connectivity index (χ1n) is 6.70. The number of ether oxygens (including phenoxy) is 1. The van der Waals surface area contributed by atoms with Gasteiger partial charge in [0.1, 0.15) is 5.82 Å². The zero-order valence-corrected chi connectivity index (χ0v) is 14.5. The lowest BCUT2D eigenvalue weighted by Crippen LogP contribution is -2.30. The molecule has 1 amide bonds. The van der Waals surface area contributed by atoms with Crippen molar-refractivity contribution in [2.45, 2.75) is 13.0 Å². The van der Waals surface area contributed by atoms with E-state index >= 15 is 0 Å². The monoisotopic (exact) mass is 389 g/mol. The van der Waals surface area contributed by atoms with Crippen LogP contribution in [0.25, 0.3) is 0 Å². The van der Waals surface area contributed by atoms with Crippen molar-refractivity contribution in [2.24, 2.45) is 0 Å². The molecule has 0 aliphatic heterocycles. The second-order valence-electron chi connectivity index (χ2n) is 4.79. The second kappa shape index (κ2) is 7.83. The average Bonchev–Trinajstić information content (AvgIpc) is 2.52. The third kappa shape index (κ3) is 4.60. The molecule has 0 radical (unpaired) electrons. The molecule has 0 spiro atoms. The largest absolute Gasteiger partial charge is 0.449 e. The van der Waals surface area contributed by atoms with Gasteiger partial charge in [-0.2, -0.15) is 0 Å². The van der Waals surface area contributed by atoms with Crippen LogP contribution >= 0.6 is 34.8 Å². The van der Waals surface area contributed by atoms with Crippen LogP contribution in [0.5, 0.6) is 0 Å². The van der Waals surface area contributed by atoms with Crippen LogP contribution in [-0.2, 0) is 9.53 Å². The summed E-state index contributed by atoms with van der Waals surface area (Å²) in [6.07, 6.45) is -1.13. The van der Waals surface area contributed by atoms with E-state index in [1.165, 1.54) is 31.2 Å². The fourth-order valence-electron chi connectivity index (χ4n) is 1.76. The molecule has 2 rings (SSSR count). The molecule has 0 aliphatic carbocycles. The summed E-state index contributed by atoms with van der Waals surface area (Å²) in [6, 6.07) is 7.81. The van der Waals surface area contributed by atoms with Crippen LogP contribution in [0.4, 0.5) is 10.1 Å². The first-order chi connectivity index (χ1) is 11.3. The van der Waals surface area contributed by atoms with Gasteiger partial charge in [-0.15, -0.1) is 0 Å². The van der Waals surface area contributed by atoms with Gasteiger partial charge in [-0.3, -0.25) is 4.79 Å². The van der Waals surface area contributed by atoms with Crippen LogP contribution in [0.2, 0.25) is 15.1 Å². The fourth-order valence-corrected chi connectivity index (χ4v) is 2.34. The highest BCUT2D eigenvalue weighted by molar-refractivity contribution is 6.35. The number of halogens is 4.